The van der Waals surface area contributed by atoms with Crippen LogP contribution in [0.5, 0.6) is 0 Å². The number of aromatic carboxylic acids is 1. The topological polar surface area (TPSA) is 102 Å². The fourth-order valence-electron chi connectivity index (χ4n) is 2.39. The highest BCUT2D eigenvalue weighted by Crippen LogP contribution is 2.11. The lowest BCUT2D eigenvalue weighted by atomic mass is 10.1. The Bertz CT molecular complexity index is 924. The average molecular weight is 339 g/mol. The summed E-state index contributed by atoms with van der Waals surface area (Å²) >= 11 is 0. The van der Waals surface area contributed by atoms with E-state index in [0.29, 0.717) is 12.4 Å². The van der Waals surface area contributed by atoms with Crippen LogP contribution in [-0.2, 0) is 13.6 Å². The summed E-state index contributed by atoms with van der Waals surface area (Å²) in [6, 6.07) is 9.73. The van der Waals surface area contributed by atoms with Gasteiger partial charge in [-0.15, -0.1) is 0 Å². The van der Waals surface area contributed by atoms with Crippen molar-refractivity contribution in [1.29, 1.82) is 0 Å². The molecule has 0 saturated carbocycles. The van der Waals surface area contributed by atoms with E-state index in [1.807, 2.05) is 31.2 Å². The monoisotopic (exact) mass is 339 g/mol. The van der Waals surface area contributed by atoms with Crippen molar-refractivity contribution in [2.24, 2.45) is 7.05 Å². The van der Waals surface area contributed by atoms with E-state index < -0.39 is 11.9 Å². The molecule has 0 fully saturated rings. The van der Waals surface area contributed by atoms with Gasteiger partial charge in [0.15, 0.2) is 11.5 Å². The van der Waals surface area contributed by atoms with Gasteiger partial charge in [0.05, 0.1) is 6.54 Å². The molecule has 3 aromatic rings. The highest BCUT2D eigenvalue weighted by Gasteiger charge is 2.21. The summed E-state index contributed by atoms with van der Waals surface area (Å²) in [4.78, 5) is 23.4. The van der Waals surface area contributed by atoms with Gasteiger partial charge in [-0.3, -0.25) is 14.2 Å². The number of anilines is 1. The standard InChI is InChI=1S/C17H17N5O3/c1-11-3-5-12(6-4-11)9-22-8-7-14(19-22)18-16(23)15-13(17(24)25)10-21(2)20-15/h3-8,10H,9H2,1-2H3,(H,24,25)(H,18,19,23). The second-order valence-electron chi connectivity index (χ2n) is 5.71. The molecule has 0 atom stereocenters. The first kappa shape index (κ1) is 16.4. The molecule has 8 heteroatoms. The van der Waals surface area contributed by atoms with Crippen LogP contribution in [0.2, 0.25) is 0 Å². The largest absolute Gasteiger partial charge is 0.478 e. The number of aryl methyl sites for hydroxylation is 2. The van der Waals surface area contributed by atoms with Crippen LogP contribution in [-0.4, -0.2) is 36.5 Å². The summed E-state index contributed by atoms with van der Waals surface area (Å²) in [6.07, 6.45) is 3.03. The second-order valence-corrected chi connectivity index (χ2v) is 5.71. The van der Waals surface area contributed by atoms with Crippen molar-refractivity contribution >= 4 is 17.7 Å². The van der Waals surface area contributed by atoms with Gasteiger partial charge in [-0.1, -0.05) is 29.8 Å². The van der Waals surface area contributed by atoms with E-state index in [2.05, 4.69) is 15.5 Å². The summed E-state index contributed by atoms with van der Waals surface area (Å²) in [7, 11) is 1.56. The summed E-state index contributed by atoms with van der Waals surface area (Å²) in [5.74, 6) is -1.49. The summed E-state index contributed by atoms with van der Waals surface area (Å²) in [6.45, 7) is 2.59. The molecule has 0 bridgehead atoms. The first-order valence-corrected chi connectivity index (χ1v) is 7.59. The summed E-state index contributed by atoms with van der Waals surface area (Å²) < 4.78 is 2.98. The van der Waals surface area contributed by atoms with Gasteiger partial charge in [-0.25, -0.2) is 4.79 Å². The maximum absolute atomic E-state index is 12.3. The molecule has 2 heterocycles. The highest BCUT2D eigenvalue weighted by atomic mass is 16.4. The Morgan fingerprint density at radius 3 is 2.56 bits per heavy atom. The molecule has 0 aliphatic heterocycles. The molecule has 128 valence electrons. The number of hydrogen-bond acceptors (Lipinski definition) is 4. The number of carbonyl (C=O) groups is 2. The molecule has 0 aliphatic rings. The molecular weight excluding hydrogens is 322 g/mol. The minimum Gasteiger partial charge on any atom is -0.478 e. The van der Waals surface area contributed by atoms with Crippen LogP contribution in [0.3, 0.4) is 0 Å². The first-order chi connectivity index (χ1) is 11.9. The van der Waals surface area contributed by atoms with Crippen molar-refractivity contribution in [2.75, 3.05) is 5.32 Å². The fraction of sp³-hybridized carbons (Fsp3) is 0.176. The number of nitrogens with zero attached hydrogens (tertiary/aromatic N) is 4. The van der Waals surface area contributed by atoms with Crippen LogP contribution in [0.1, 0.15) is 32.0 Å². The van der Waals surface area contributed by atoms with Crippen LogP contribution in [0.25, 0.3) is 0 Å². The van der Waals surface area contributed by atoms with Crippen molar-refractivity contribution in [3.63, 3.8) is 0 Å². The van der Waals surface area contributed by atoms with Crippen molar-refractivity contribution < 1.29 is 14.7 Å². The predicted molar refractivity (Wildman–Crippen MR) is 90.6 cm³/mol. The van der Waals surface area contributed by atoms with E-state index in [1.54, 1.807) is 24.0 Å². The smallest absolute Gasteiger partial charge is 0.339 e. The molecule has 2 aromatic heterocycles. The van der Waals surface area contributed by atoms with Crippen LogP contribution in [0.15, 0.2) is 42.7 Å². The number of aromatic nitrogens is 4. The number of benzene rings is 1. The molecule has 0 unspecified atom stereocenters. The van der Waals surface area contributed by atoms with Gasteiger partial charge in [-0.05, 0) is 12.5 Å². The Labute approximate surface area is 143 Å². The van der Waals surface area contributed by atoms with Crippen molar-refractivity contribution in [3.05, 3.63) is 65.1 Å². The van der Waals surface area contributed by atoms with Crippen molar-refractivity contribution in [2.45, 2.75) is 13.5 Å². The van der Waals surface area contributed by atoms with E-state index in [9.17, 15) is 9.59 Å². The van der Waals surface area contributed by atoms with Gasteiger partial charge in [-0.2, -0.15) is 10.2 Å². The van der Waals surface area contributed by atoms with Crippen LogP contribution >= 0.6 is 0 Å². The zero-order valence-corrected chi connectivity index (χ0v) is 13.8. The molecular formula is C17H17N5O3. The lowest BCUT2D eigenvalue weighted by Crippen LogP contribution is -2.17. The van der Waals surface area contributed by atoms with Gasteiger partial charge in [0.25, 0.3) is 5.91 Å². The van der Waals surface area contributed by atoms with E-state index >= 15 is 0 Å². The normalized spacial score (nSPS) is 10.6. The quantitative estimate of drug-likeness (QED) is 0.739. The van der Waals surface area contributed by atoms with Gasteiger partial charge >= 0.3 is 5.97 Å². The van der Waals surface area contributed by atoms with Crippen LogP contribution in [0, 0.1) is 6.92 Å². The third-order valence-corrected chi connectivity index (χ3v) is 3.62. The molecule has 3 rings (SSSR count). The Balaban J connectivity index is 1.72. The number of carboxylic acids is 1. The molecule has 25 heavy (non-hydrogen) atoms. The zero-order valence-electron chi connectivity index (χ0n) is 13.8. The van der Waals surface area contributed by atoms with E-state index in [1.165, 1.54) is 16.4 Å². The Morgan fingerprint density at radius 2 is 1.88 bits per heavy atom. The number of nitrogens with one attached hydrogen (secondary N) is 1. The molecule has 2 N–H and O–H groups in total. The Morgan fingerprint density at radius 1 is 1.16 bits per heavy atom. The molecule has 0 spiro atoms. The maximum atomic E-state index is 12.3. The number of carboxylic acid groups (broad SMARTS) is 1. The Hall–Kier alpha value is -3.42. The molecule has 0 aliphatic carbocycles. The Kier molecular flexibility index (Phi) is 4.34. The summed E-state index contributed by atoms with van der Waals surface area (Å²) in [5, 5.41) is 19.9. The van der Waals surface area contributed by atoms with Gasteiger partial charge in [0.1, 0.15) is 5.56 Å². The predicted octanol–water partition coefficient (Wildman–Crippen LogP) is 1.92. The molecule has 8 nitrogen and oxygen atoms in total. The molecule has 1 amide bonds. The summed E-state index contributed by atoms with van der Waals surface area (Å²) in [5.41, 5.74) is 1.97. The first-order valence-electron chi connectivity index (χ1n) is 7.59. The van der Waals surface area contributed by atoms with Crippen LogP contribution < -0.4 is 5.32 Å². The van der Waals surface area contributed by atoms with Crippen LogP contribution in [0.4, 0.5) is 5.82 Å². The van der Waals surface area contributed by atoms with E-state index in [-0.39, 0.29) is 11.3 Å². The maximum Gasteiger partial charge on any atom is 0.339 e. The van der Waals surface area contributed by atoms with Gasteiger partial charge < -0.3 is 10.4 Å². The van der Waals surface area contributed by atoms with E-state index in [0.717, 1.165) is 5.56 Å². The number of amides is 1. The van der Waals surface area contributed by atoms with Crippen molar-refractivity contribution in [1.82, 2.24) is 19.6 Å². The lowest BCUT2D eigenvalue weighted by molar-refractivity contribution is 0.0692. The molecule has 1 aromatic carbocycles. The third-order valence-electron chi connectivity index (χ3n) is 3.62. The average Bonchev–Trinajstić information content (AvgIpc) is 3.16. The number of rotatable bonds is 5. The lowest BCUT2D eigenvalue weighted by Gasteiger charge is -2.03. The SMILES string of the molecule is Cc1ccc(Cn2ccc(NC(=O)c3nn(C)cc3C(=O)O)n2)cc1. The zero-order chi connectivity index (χ0) is 18.0. The van der Waals surface area contributed by atoms with Gasteiger partial charge in [0, 0.05) is 25.5 Å². The van der Waals surface area contributed by atoms with Gasteiger partial charge in [0.2, 0.25) is 0 Å². The number of carbonyl (C=O) groups excluding carboxylic acids is 1. The minimum absolute atomic E-state index is 0.150. The number of hydrogen-bond donors (Lipinski definition) is 2. The van der Waals surface area contributed by atoms with E-state index in [4.69, 9.17) is 5.11 Å². The molecule has 0 radical (unpaired) electrons. The highest BCUT2D eigenvalue weighted by molar-refractivity contribution is 6.08. The van der Waals surface area contributed by atoms with Crippen molar-refractivity contribution in [3.8, 4) is 0 Å². The molecule has 0 saturated heterocycles. The third kappa shape index (κ3) is 3.74. The fourth-order valence-corrected chi connectivity index (χ4v) is 2.39. The minimum atomic E-state index is -1.21. The second kappa shape index (κ2) is 6.60.